The zero-order valence-electron chi connectivity index (χ0n) is 18.9. The highest BCUT2D eigenvalue weighted by Crippen LogP contribution is 2.09. The fraction of sp³-hybridized carbons (Fsp3) is 0.440. The van der Waals surface area contributed by atoms with Crippen molar-refractivity contribution in [1.82, 2.24) is 10.6 Å². The lowest BCUT2D eigenvalue weighted by Gasteiger charge is -2.25. The van der Waals surface area contributed by atoms with Gasteiger partial charge in [0.15, 0.2) is 0 Å². The number of hydrogen-bond acceptors (Lipinski definition) is 5. The topological polar surface area (TPSA) is 76.7 Å². The second-order valence-corrected chi connectivity index (χ2v) is 8.59. The smallest absolute Gasteiger partial charge is 0.407 e. The normalized spacial score (nSPS) is 13.2. The van der Waals surface area contributed by atoms with Gasteiger partial charge in [0.05, 0.1) is 0 Å². The van der Waals surface area contributed by atoms with Crippen LogP contribution in [0.4, 0.5) is 4.79 Å². The Hall–Kier alpha value is -2.86. The van der Waals surface area contributed by atoms with E-state index in [1.807, 2.05) is 69.3 Å². The Morgan fingerprint density at radius 1 is 0.935 bits per heavy atom. The van der Waals surface area contributed by atoms with E-state index in [4.69, 9.17) is 9.47 Å². The molecule has 0 aromatic heterocycles. The number of hydrogen-bond donors (Lipinski definition) is 2. The van der Waals surface area contributed by atoms with E-state index >= 15 is 0 Å². The van der Waals surface area contributed by atoms with Crippen LogP contribution in [-0.2, 0) is 27.3 Å². The molecule has 6 heteroatoms. The Labute approximate surface area is 185 Å². The number of nitrogens with one attached hydrogen (secondary N) is 2. The van der Waals surface area contributed by atoms with Crippen LogP contribution >= 0.6 is 0 Å². The molecule has 2 N–H and O–H groups in total. The van der Waals surface area contributed by atoms with Crippen LogP contribution in [0, 0.1) is 0 Å². The second kappa shape index (κ2) is 12.1. The van der Waals surface area contributed by atoms with Gasteiger partial charge in [-0.2, -0.15) is 0 Å². The lowest BCUT2D eigenvalue weighted by Crippen LogP contribution is -2.48. The maximum atomic E-state index is 12.3. The van der Waals surface area contributed by atoms with Crippen LogP contribution < -0.4 is 10.6 Å². The molecule has 0 radical (unpaired) electrons. The zero-order chi connectivity index (χ0) is 22.7. The van der Waals surface area contributed by atoms with E-state index in [0.717, 1.165) is 12.0 Å². The number of rotatable bonds is 10. The maximum Gasteiger partial charge on any atom is 0.407 e. The standard InChI is InChI=1S/C25H34N2O4/c1-19(23(28)30-18-21-13-9-6-10-14-21)26-17-22(27-24(29)31-25(2,3)4)16-15-20-11-7-5-8-12-20/h5-14,19,22,26H,15-18H2,1-4H3,(H,27,29). The van der Waals surface area contributed by atoms with Crippen molar-refractivity contribution in [2.24, 2.45) is 0 Å². The summed E-state index contributed by atoms with van der Waals surface area (Å²) in [5.74, 6) is -0.331. The van der Waals surface area contributed by atoms with E-state index in [1.54, 1.807) is 6.92 Å². The van der Waals surface area contributed by atoms with Gasteiger partial charge in [0.2, 0.25) is 0 Å². The van der Waals surface area contributed by atoms with Crippen LogP contribution in [0.2, 0.25) is 0 Å². The number of carbonyl (C=O) groups is 2. The zero-order valence-corrected chi connectivity index (χ0v) is 18.9. The number of benzene rings is 2. The molecule has 0 aliphatic heterocycles. The van der Waals surface area contributed by atoms with Gasteiger partial charge >= 0.3 is 12.1 Å². The summed E-state index contributed by atoms with van der Waals surface area (Å²) in [6, 6.07) is 18.9. The Kier molecular flexibility index (Phi) is 9.53. The third-order valence-electron chi connectivity index (χ3n) is 4.59. The van der Waals surface area contributed by atoms with Gasteiger partial charge in [0.1, 0.15) is 18.2 Å². The van der Waals surface area contributed by atoms with E-state index in [-0.39, 0.29) is 18.6 Å². The van der Waals surface area contributed by atoms with Crippen LogP contribution in [0.3, 0.4) is 0 Å². The molecule has 1 amide bonds. The minimum atomic E-state index is -0.573. The van der Waals surface area contributed by atoms with E-state index in [2.05, 4.69) is 22.8 Å². The Bertz CT molecular complexity index is 803. The minimum Gasteiger partial charge on any atom is -0.460 e. The molecule has 6 nitrogen and oxygen atoms in total. The second-order valence-electron chi connectivity index (χ2n) is 8.59. The minimum absolute atomic E-state index is 0.195. The number of alkyl carbamates (subject to hydrolysis) is 1. The molecule has 2 aromatic carbocycles. The van der Waals surface area contributed by atoms with Crippen molar-refractivity contribution < 1.29 is 19.1 Å². The van der Waals surface area contributed by atoms with Crippen LogP contribution in [0.1, 0.15) is 45.2 Å². The Morgan fingerprint density at radius 2 is 1.52 bits per heavy atom. The summed E-state index contributed by atoms with van der Waals surface area (Å²) in [6.07, 6.45) is 1.05. The van der Waals surface area contributed by atoms with Crippen LogP contribution in [0.25, 0.3) is 0 Å². The van der Waals surface area contributed by atoms with Crippen molar-refractivity contribution >= 4 is 12.1 Å². The molecule has 0 heterocycles. The monoisotopic (exact) mass is 426 g/mol. The lowest BCUT2D eigenvalue weighted by atomic mass is 10.0. The van der Waals surface area contributed by atoms with Gasteiger partial charge in [-0.15, -0.1) is 0 Å². The summed E-state index contributed by atoms with van der Waals surface area (Å²) in [7, 11) is 0. The molecule has 31 heavy (non-hydrogen) atoms. The molecule has 0 bridgehead atoms. The van der Waals surface area contributed by atoms with Crippen molar-refractivity contribution in [3.8, 4) is 0 Å². The van der Waals surface area contributed by atoms with E-state index in [9.17, 15) is 9.59 Å². The predicted octanol–water partition coefficient (Wildman–Crippen LogP) is 4.23. The first-order valence-electron chi connectivity index (χ1n) is 10.7. The number of carbonyl (C=O) groups excluding carboxylic acids is 2. The molecule has 2 atom stereocenters. The average Bonchev–Trinajstić information content (AvgIpc) is 2.73. The van der Waals surface area contributed by atoms with Crippen molar-refractivity contribution in [2.75, 3.05) is 6.54 Å². The third-order valence-corrected chi connectivity index (χ3v) is 4.59. The first-order valence-corrected chi connectivity index (χ1v) is 10.7. The third kappa shape index (κ3) is 10.1. The van der Waals surface area contributed by atoms with Gasteiger partial charge in [-0.05, 0) is 51.7 Å². The highest BCUT2D eigenvalue weighted by molar-refractivity contribution is 5.75. The van der Waals surface area contributed by atoms with Gasteiger partial charge in [-0.25, -0.2) is 4.79 Å². The summed E-state index contributed by atoms with van der Waals surface area (Å²) in [5.41, 5.74) is 1.56. The number of esters is 1. The average molecular weight is 427 g/mol. The number of aryl methyl sites for hydroxylation is 1. The van der Waals surface area contributed by atoms with Crippen molar-refractivity contribution in [1.29, 1.82) is 0 Å². The molecule has 2 aromatic rings. The molecule has 2 unspecified atom stereocenters. The lowest BCUT2D eigenvalue weighted by molar-refractivity contribution is -0.147. The molecule has 168 valence electrons. The van der Waals surface area contributed by atoms with Crippen LogP contribution in [0.15, 0.2) is 60.7 Å². The molecule has 0 aliphatic carbocycles. The molecule has 0 fully saturated rings. The van der Waals surface area contributed by atoms with Crippen LogP contribution in [-0.4, -0.2) is 36.3 Å². The molecule has 0 spiro atoms. The van der Waals surface area contributed by atoms with Crippen molar-refractivity contribution in [2.45, 2.75) is 64.8 Å². The highest BCUT2D eigenvalue weighted by atomic mass is 16.6. The molecule has 0 aliphatic rings. The molecular weight excluding hydrogens is 392 g/mol. The summed E-state index contributed by atoms with van der Waals surface area (Å²) >= 11 is 0. The maximum absolute atomic E-state index is 12.3. The van der Waals surface area contributed by atoms with Gasteiger partial charge < -0.3 is 20.1 Å². The summed E-state index contributed by atoms with van der Waals surface area (Å²) < 4.78 is 10.8. The highest BCUT2D eigenvalue weighted by Gasteiger charge is 2.21. The van der Waals surface area contributed by atoms with Gasteiger partial charge in [0, 0.05) is 12.6 Å². The predicted molar refractivity (Wildman–Crippen MR) is 122 cm³/mol. The Morgan fingerprint density at radius 3 is 2.10 bits per heavy atom. The Balaban J connectivity index is 1.87. The summed E-state index contributed by atoms with van der Waals surface area (Å²) in [4.78, 5) is 24.6. The first-order chi connectivity index (χ1) is 14.7. The van der Waals surface area contributed by atoms with Gasteiger partial charge in [-0.3, -0.25) is 4.79 Å². The van der Waals surface area contributed by atoms with Gasteiger partial charge in [0.25, 0.3) is 0 Å². The summed E-state index contributed by atoms with van der Waals surface area (Å²) in [5, 5.41) is 6.10. The van der Waals surface area contributed by atoms with Crippen LogP contribution in [0.5, 0.6) is 0 Å². The largest absolute Gasteiger partial charge is 0.460 e. The van der Waals surface area contributed by atoms with E-state index in [0.29, 0.717) is 13.0 Å². The summed E-state index contributed by atoms with van der Waals surface area (Å²) in [6.45, 7) is 7.90. The van der Waals surface area contributed by atoms with Crippen molar-refractivity contribution in [3.63, 3.8) is 0 Å². The van der Waals surface area contributed by atoms with E-state index < -0.39 is 17.7 Å². The fourth-order valence-electron chi connectivity index (χ4n) is 2.94. The van der Waals surface area contributed by atoms with E-state index in [1.165, 1.54) is 5.56 Å². The SMILES string of the molecule is CC(NCC(CCc1ccccc1)NC(=O)OC(C)(C)C)C(=O)OCc1ccccc1. The molecule has 2 rings (SSSR count). The van der Waals surface area contributed by atoms with Gasteiger partial charge in [-0.1, -0.05) is 60.7 Å². The van der Waals surface area contributed by atoms with Crippen molar-refractivity contribution in [3.05, 3.63) is 71.8 Å². The molecular formula is C25H34N2O4. The number of ether oxygens (including phenoxy) is 2. The molecule has 0 saturated heterocycles. The molecule has 0 saturated carbocycles. The quantitative estimate of drug-likeness (QED) is 0.556. The first kappa shape index (κ1) is 24.4. The fourth-order valence-corrected chi connectivity index (χ4v) is 2.94. The number of amides is 1.